The maximum atomic E-state index is 12.3. The molecule has 0 saturated heterocycles. The maximum Gasteiger partial charge on any atom is 0.313 e. The molecule has 1 aromatic heterocycles. The zero-order chi connectivity index (χ0) is 13.6. The number of aromatic nitrogens is 2. The second-order valence-corrected chi connectivity index (χ2v) is 5.82. The van der Waals surface area contributed by atoms with Crippen LogP contribution < -0.4 is 5.56 Å². The summed E-state index contributed by atoms with van der Waals surface area (Å²) in [4.78, 5) is 24.0. The van der Waals surface area contributed by atoms with Crippen molar-refractivity contribution in [2.45, 2.75) is 38.1 Å². The van der Waals surface area contributed by atoms with E-state index >= 15 is 0 Å². The minimum Gasteiger partial charge on any atom is -0.469 e. The van der Waals surface area contributed by atoms with Crippen LogP contribution in [0.1, 0.15) is 37.2 Å². The average Bonchev–Trinajstić information content (AvgIpc) is 3.25. The van der Waals surface area contributed by atoms with Crippen LogP contribution in [-0.4, -0.2) is 22.9 Å². The Balaban J connectivity index is 1.93. The minimum atomic E-state index is -0.572. The predicted octanol–water partition coefficient (Wildman–Crippen LogP) is 1.73. The molecule has 0 radical (unpaired) electrons. The Kier molecular flexibility index (Phi) is 2.89. The first-order valence-corrected chi connectivity index (χ1v) is 6.79. The monoisotopic (exact) mass is 282 g/mol. The summed E-state index contributed by atoms with van der Waals surface area (Å²) in [7, 11) is 1.37. The molecular formula is C13H15ClN2O3. The smallest absolute Gasteiger partial charge is 0.313 e. The Labute approximate surface area is 115 Å². The number of esters is 1. The topological polar surface area (TPSA) is 61.2 Å². The zero-order valence-electron chi connectivity index (χ0n) is 10.7. The van der Waals surface area contributed by atoms with E-state index in [1.807, 2.05) is 0 Å². The Bertz CT molecular complexity index is 588. The van der Waals surface area contributed by atoms with Crippen molar-refractivity contribution in [3.63, 3.8) is 0 Å². The third kappa shape index (κ3) is 2.27. The van der Waals surface area contributed by atoms with Gasteiger partial charge >= 0.3 is 5.97 Å². The van der Waals surface area contributed by atoms with Crippen LogP contribution in [0.2, 0.25) is 5.15 Å². The average molecular weight is 283 g/mol. The lowest BCUT2D eigenvalue weighted by molar-refractivity contribution is -0.147. The molecule has 2 aliphatic carbocycles. The van der Waals surface area contributed by atoms with E-state index in [4.69, 9.17) is 16.3 Å². The van der Waals surface area contributed by atoms with E-state index in [1.54, 1.807) is 6.07 Å². The van der Waals surface area contributed by atoms with Gasteiger partial charge in [0.1, 0.15) is 5.15 Å². The van der Waals surface area contributed by atoms with Crippen LogP contribution in [0.25, 0.3) is 0 Å². The molecule has 1 heterocycles. The van der Waals surface area contributed by atoms with Gasteiger partial charge in [-0.1, -0.05) is 11.6 Å². The molecule has 0 amide bonds. The number of ether oxygens (including phenoxy) is 1. The number of nitrogens with zero attached hydrogens (tertiary/aromatic N) is 2. The highest BCUT2D eigenvalue weighted by Crippen LogP contribution is 2.48. The summed E-state index contributed by atoms with van der Waals surface area (Å²) < 4.78 is 6.13. The Morgan fingerprint density at radius 1 is 1.58 bits per heavy atom. The van der Waals surface area contributed by atoms with Gasteiger partial charge in [-0.2, -0.15) is 5.10 Å². The van der Waals surface area contributed by atoms with Crippen LogP contribution in [-0.2, 0) is 16.1 Å². The second-order valence-electron chi connectivity index (χ2n) is 5.43. The first-order valence-electron chi connectivity index (χ1n) is 6.42. The summed E-state index contributed by atoms with van der Waals surface area (Å²) in [5.74, 6) is 0.0432. The van der Waals surface area contributed by atoms with Gasteiger partial charge in [0.15, 0.2) is 0 Å². The third-order valence-corrected chi connectivity index (χ3v) is 4.10. The molecule has 0 spiro atoms. The van der Waals surface area contributed by atoms with Crippen molar-refractivity contribution in [1.82, 2.24) is 9.78 Å². The summed E-state index contributed by atoms with van der Waals surface area (Å²) in [6, 6.07) is 1.65. The van der Waals surface area contributed by atoms with Gasteiger partial charge in [-0.05, 0) is 37.7 Å². The van der Waals surface area contributed by atoms with Gasteiger partial charge in [-0.25, -0.2) is 4.68 Å². The van der Waals surface area contributed by atoms with Crippen molar-refractivity contribution in [2.75, 3.05) is 7.11 Å². The molecule has 19 heavy (non-hydrogen) atoms. The SMILES string of the molecule is COC(=O)C1(Cn2nc(Cl)cc(C3CC3)c2=O)CC1. The van der Waals surface area contributed by atoms with Gasteiger partial charge in [0.25, 0.3) is 5.56 Å². The van der Waals surface area contributed by atoms with Crippen LogP contribution in [0.15, 0.2) is 10.9 Å². The molecular weight excluding hydrogens is 268 g/mol. The van der Waals surface area contributed by atoms with Crippen LogP contribution in [0.4, 0.5) is 0 Å². The van der Waals surface area contributed by atoms with E-state index in [0.29, 0.717) is 11.1 Å². The Hall–Kier alpha value is -1.36. The van der Waals surface area contributed by atoms with Gasteiger partial charge in [0.2, 0.25) is 0 Å². The predicted molar refractivity (Wildman–Crippen MR) is 69.2 cm³/mol. The molecule has 102 valence electrons. The van der Waals surface area contributed by atoms with E-state index in [0.717, 1.165) is 31.2 Å². The summed E-state index contributed by atoms with van der Waals surface area (Å²) in [6.07, 6.45) is 3.52. The highest BCUT2D eigenvalue weighted by molar-refractivity contribution is 6.29. The first kappa shape index (κ1) is 12.7. The lowest BCUT2D eigenvalue weighted by atomic mass is 10.1. The lowest BCUT2D eigenvalue weighted by Crippen LogP contribution is -2.33. The van der Waals surface area contributed by atoms with Crippen molar-refractivity contribution in [1.29, 1.82) is 0 Å². The number of carbonyl (C=O) groups is 1. The van der Waals surface area contributed by atoms with E-state index in [1.165, 1.54) is 11.8 Å². The Morgan fingerprint density at radius 2 is 2.26 bits per heavy atom. The number of methoxy groups -OCH3 is 1. The molecule has 0 aliphatic heterocycles. The van der Waals surface area contributed by atoms with Gasteiger partial charge in [-0.15, -0.1) is 0 Å². The molecule has 2 saturated carbocycles. The normalized spacial score (nSPS) is 20.1. The van der Waals surface area contributed by atoms with Crippen LogP contribution >= 0.6 is 11.6 Å². The largest absolute Gasteiger partial charge is 0.469 e. The fourth-order valence-corrected chi connectivity index (χ4v) is 2.61. The number of hydrogen-bond donors (Lipinski definition) is 0. The first-order chi connectivity index (χ1) is 9.05. The van der Waals surface area contributed by atoms with Gasteiger partial charge in [0, 0.05) is 5.56 Å². The van der Waals surface area contributed by atoms with Crippen molar-refractivity contribution < 1.29 is 9.53 Å². The molecule has 5 nitrogen and oxygen atoms in total. The van der Waals surface area contributed by atoms with E-state index in [-0.39, 0.29) is 18.1 Å². The van der Waals surface area contributed by atoms with Crippen molar-refractivity contribution in [3.8, 4) is 0 Å². The minimum absolute atomic E-state index is 0.123. The summed E-state index contributed by atoms with van der Waals surface area (Å²) in [6.45, 7) is 0.263. The number of halogens is 1. The number of hydrogen-bond acceptors (Lipinski definition) is 4. The van der Waals surface area contributed by atoms with Gasteiger partial charge in [0.05, 0.1) is 19.1 Å². The maximum absolute atomic E-state index is 12.3. The molecule has 6 heteroatoms. The molecule has 2 fully saturated rings. The molecule has 0 atom stereocenters. The highest BCUT2D eigenvalue weighted by atomic mass is 35.5. The summed E-state index contributed by atoms with van der Waals surface area (Å²) in [5, 5.41) is 4.35. The van der Waals surface area contributed by atoms with E-state index < -0.39 is 5.41 Å². The van der Waals surface area contributed by atoms with E-state index in [2.05, 4.69) is 5.10 Å². The second kappa shape index (κ2) is 4.34. The standard InChI is InChI=1S/C13H15ClN2O3/c1-19-12(18)13(4-5-13)7-16-11(17)9(8-2-3-8)6-10(14)15-16/h6,8H,2-5,7H2,1H3. The quantitative estimate of drug-likeness (QED) is 0.789. The fraction of sp³-hybridized carbons (Fsp3) is 0.615. The molecule has 3 rings (SSSR count). The van der Waals surface area contributed by atoms with Crippen LogP contribution in [0, 0.1) is 5.41 Å². The fourth-order valence-electron chi connectivity index (χ4n) is 2.40. The van der Waals surface area contributed by atoms with Crippen LogP contribution in [0.3, 0.4) is 0 Å². The van der Waals surface area contributed by atoms with Gasteiger partial charge < -0.3 is 4.74 Å². The van der Waals surface area contributed by atoms with Crippen molar-refractivity contribution in [3.05, 3.63) is 27.1 Å². The Morgan fingerprint density at radius 3 is 2.79 bits per heavy atom. The number of rotatable bonds is 4. The van der Waals surface area contributed by atoms with Crippen molar-refractivity contribution in [2.24, 2.45) is 5.41 Å². The zero-order valence-corrected chi connectivity index (χ0v) is 11.4. The highest BCUT2D eigenvalue weighted by Gasteiger charge is 2.52. The summed E-state index contributed by atoms with van der Waals surface area (Å²) >= 11 is 5.97. The molecule has 0 aromatic carbocycles. The van der Waals surface area contributed by atoms with Crippen LogP contribution in [0.5, 0.6) is 0 Å². The molecule has 0 bridgehead atoms. The lowest BCUT2D eigenvalue weighted by Gasteiger charge is -2.14. The van der Waals surface area contributed by atoms with Gasteiger partial charge in [-0.3, -0.25) is 9.59 Å². The molecule has 0 N–H and O–H groups in total. The summed E-state index contributed by atoms with van der Waals surface area (Å²) in [5.41, 5.74) is 0.0274. The number of carbonyl (C=O) groups excluding carboxylic acids is 1. The van der Waals surface area contributed by atoms with E-state index in [9.17, 15) is 9.59 Å². The molecule has 2 aliphatic rings. The third-order valence-electron chi connectivity index (χ3n) is 3.91. The molecule has 0 unspecified atom stereocenters. The molecule has 1 aromatic rings. The van der Waals surface area contributed by atoms with Crippen molar-refractivity contribution >= 4 is 17.6 Å².